The molecule has 0 aliphatic carbocycles. The molecule has 0 saturated carbocycles. The van der Waals surface area contributed by atoms with Crippen LogP contribution in [-0.4, -0.2) is 74.2 Å². The van der Waals surface area contributed by atoms with Crippen LogP contribution in [0, 0.1) is 0 Å². The van der Waals surface area contributed by atoms with Crippen LogP contribution in [0.4, 0.5) is 0 Å². The minimum Gasteiger partial charge on any atom is -0.382 e. The van der Waals surface area contributed by atoms with Crippen LogP contribution in [0.15, 0.2) is 0 Å². The molecule has 0 aromatic heterocycles. The molecule has 0 radical (unpaired) electrons. The number of ether oxygens (including phenoxy) is 2. The fourth-order valence-electron chi connectivity index (χ4n) is 2.66. The van der Waals surface area contributed by atoms with Gasteiger partial charge in [-0.05, 0) is 12.8 Å². The van der Waals surface area contributed by atoms with E-state index in [1.807, 2.05) is 0 Å². The first-order chi connectivity index (χ1) is 9.24. The maximum atomic E-state index is 12.3. The lowest BCUT2D eigenvalue weighted by Gasteiger charge is -2.25. The summed E-state index contributed by atoms with van der Waals surface area (Å²) in [5, 5.41) is 0. The number of hydrogen-bond donors (Lipinski definition) is 0. The standard InChI is InChI=1S/C13H22N2O4/c1-18-9-10-19-8-7-14-6-4-12(16)15-5-2-3-11(15)13(14)17/h11H,2-10H2,1H3. The Labute approximate surface area is 113 Å². The van der Waals surface area contributed by atoms with Crippen LogP contribution in [0.5, 0.6) is 0 Å². The Morgan fingerprint density at radius 3 is 2.84 bits per heavy atom. The maximum Gasteiger partial charge on any atom is 0.245 e. The van der Waals surface area contributed by atoms with Gasteiger partial charge in [0.1, 0.15) is 6.04 Å². The fourth-order valence-corrected chi connectivity index (χ4v) is 2.66. The van der Waals surface area contributed by atoms with Crippen LogP contribution in [0.2, 0.25) is 0 Å². The van der Waals surface area contributed by atoms with Gasteiger partial charge < -0.3 is 19.3 Å². The minimum absolute atomic E-state index is 0.0821. The zero-order valence-electron chi connectivity index (χ0n) is 11.5. The van der Waals surface area contributed by atoms with Gasteiger partial charge in [-0.2, -0.15) is 0 Å². The number of hydrogen-bond acceptors (Lipinski definition) is 4. The smallest absolute Gasteiger partial charge is 0.245 e. The molecule has 0 spiro atoms. The van der Waals surface area contributed by atoms with E-state index in [1.165, 1.54) is 0 Å². The monoisotopic (exact) mass is 270 g/mol. The number of amides is 2. The van der Waals surface area contributed by atoms with Gasteiger partial charge in [0.05, 0.1) is 19.8 Å². The quantitative estimate of drug-likeness (QED) is 0.631. The molecule has 2 saturated heterocycles. The largest absolute Gasteiger partial charge is 0.382 e. The minimum atomic E-state index is -0.228. The number of carbonyl (C=O) groups is 2. The molecule has 0 aromatic carbocycles. The van der Waals surface area contributed by atoms with E-state index in [2.05, 4.69) is 0 Å². The molecule has 0 N–H and O–H groups in total. The highest BCUT2D eigenvalue weighted by atomic mass is 16.5. The van der Waals surface area contributed by atoms with Gasteiger partial charge in [0, 0.05) is 33.2 Å². The van der Waals surface area contributed by atoms with Crippen LogP contribution in [0.1, 0.15) is 19.3 Å². The highest BCUT2D eigenvalue weighted by Crippen LogP contribution is 2.23. The summed E-state index contributed by atoms with van der Waals surface area (Å²) in [4.78, 5) is 27.8. The third-order valence-corrected chi connectivity index (χ3v) is 3.70. The molecule has 6 nitrogen and oxygen atoms in total. The number of fused-ring (bicyclic) bond motifs is 1. The Morgan fingerprint density at radius 2 is 2.05 bits per heavy atom. The zero-order valence-corrected chi connectivity index (χ0v) is 11.5. The van der Waals surface area contributed by atoms with Crippen molar-refractivity contribution in [3.8, 4) is 0 Å². The van der Waals surface area contributed by atoms with Gasteiger partial charge >= 0.3 is 0 Å². The molecule has 1 atom stereocenters. The second kappa shape index (κ2) is 6.86. The SMILES string of the molecule is COCCOCCN1CCC(=O)N2CCCC2C1=O. The van der Waals surface area contributed by atoms with Gasteiger partial charge in [-0.3, -0.25) is 9.59 Å². The van der Waals surface area contributed by atoms with Crippen LogP contribution < -0.4 is 0 Å². The number of carbonyl (C=O) groups excluding carboxylic acids is 2. The number of nitrogens with zero attached hydrogens (tertiary/aromatic N) is 2. The predicted molar refractivity (Wildman–Crippen MR) is 68.6 cm³/mol. The lowest BCUT2D eigenvalue weighted by atomic mass is 10.2. The average molecular weight is 270 g/mol. The van der Waals surface area contributed by atoms with Crippen molar-refractivity contribution in [1.82, 2.24) is 9.80 Å². The number of rotatable bonds is 6. The molecule has 2 fully saturated rings. The number of methoxy groups -OCH3 is 1. The molecular weight excluding hydrogens is 248 g/mol. The highest BCUT2D eigenvalue weighted by Gasteiger charge is 2.38. The van der Waals surface area contributed by atoms with E-state index in [-0.39, 0.29) is 17.9 Å². The van der Waals surface area contributed by atoms with Crippen LogP contribution in [0.3, 0.4) is 0 Å². The Balaban J connectivity index is 1.83. The van der Waals surface area contributed by atoms with Gasteiger partial charge in [0.2, 0.25) is 11.8 Å². The highest BCUT2D eigenvalue weighted by molar-refractivity contribution is 5.90. The topological polar surface area (TPSA) is 59.1 Å². The Hall–Kier alpha value is -1.14. The van der Waals surface area contributed by atoms with Gasteiger partial charge in [-0.15, -0.1) is 0 Å². The molecule has 1 unspecified atom stereocenters. The van der Waals surface area contributed by atoms with Crippen molar-refractivity contribution < 1.29 is 19.1 Å². The van der Waals surface area contributed by atoms with Crippen molar-refractivity contribution in [2.24, 2.45) is 0 Å². The molecule has 2 heterocycles. The van der Waals surface area contributed by atoms with Gasteiger partial charge in [-0.1, -0.05) is 0 Å². The molecule has 6 heteroatoms. The van der Waals surface area contributed by atoms with E-state index >= 15 is 0 Å². The first kappa shape index (κ1) is 14.3. The van der Waals surface area contributed by atoms with Crippen LogP contribution in [0.25, 0.3) is 0 Å². The second-order valence-electron chi connectivity index (χ2n) is 4.93. The second-order valence-corrected chi connectivity index (χ2v) is 4.93. The summed E-state index contributed by atoms with van der Waals surface area (Å²) in [6.07, 6.45) is 2.16. The average Bonchev–Trinajstić information content (AvgIpc) is 2.86. The van der Waals surface area contributed by atoms with Crippen LogP contribution in [-0.2, 0) is 19.1 Å². The first-order valence-electron chi connectivity index (χ1n) is 6.89. The Kier molecular flexibility index (Phi) is 5.15. The molecule has 2 amide bonds. The summed E-state index contributed by atoms with van der Waals surface area (Å²) in [5.74, 6) is 0.192. The molecule has 2 aliphatic heterocycles. The van der Waals surface area contributed by atoms with Gasteiger partial charge in [-0.25, -0.2) is 0 Å². The third kappa shape index (κ3) is 3.45. The summed E-state index contributed by atoms with van der Waals surface area (Å²) in [7, 11) is 1.63. The van der Waals surface area contributed by atoms with Crippen molar-refractivity contribution in [1.29, 1.82) is 0 Å². The lowest BCUT2D eigenvalue weighted by Crippen LogP contribution is -2.44. The molecule has 108 valence electrons. The van der Waals surface area contributed by atoms with Crippen LogP contribution >= 0.6 is 0 Å². The van der Waals surface area contributed by atoms with E-state index in [0.29, 0.717) is 39.3 Å². The molecule has 0 aromatic rings. The summed E-state index contributed by atoms with van der Waals surface area (Å²) >= 11 is 0. The van der Waals surface area contributed by atoms with E-state index in [9.17, 15) is 9.59 Å². The Bertz CT molecular complexity index is 335. The van der Waals surface area contributed by atoms with E-state index < -0.39 is 0 Å². The van der Waals surface area contributed by atoms with Crippen molar-refractivity contribution in [3.05, 3.63) is 0 Å². The third-order valence-electron chi connectivity index (χ3n) is 3.70. The predicted octanol–water partition coefficient (Wildman–Crippen LogP) is -0.127. The van der Waals surface area contributed by atoms with Gasteiger partial charge in [0.25, 0.3) is 0 Å². The lowest BCUT2D eigenvalue weighted by molar-refractivity contribution is -0.139. The molecule has 0 bridgehead atoms. The first-order valence-corrected chi connectivity index (χ1v) is 6.89. The maximum absolute atomic E-state index is 12.3. The van der Waals surface area contributed by atoms with Crippen molar-refractivity contribution in [2.45, 2.75) is 25.3 Å². The molecule has 2 rings (SSSR count). The summed E-state index contributed by atoms with van der Waals surface area (Å²) < 4.78 is 10.3. The molecule has 19 heavy (non-hydrogen) atoms. The summed E-state index contributed by atoms with van der Waals surface area (Å²) in [6, 6.07) is -0.228. The molecular formula is C13H22N2O4. The summed E-state index contributed by atoms with van der Waals surface area (Å²) in [6.45, 7) is 3.39. The molecule has 2 aliphatic rings. The zero-order chi connectivity index (χ0) is 13.7. The van der Waals surface area contributed by atoms with Crippen molar-refractivity contribution in [2.75, 3.05) is 46.6 Å². The van der Waals surface area contributed by atoms with Crippen molar-refractivity contribution >= 4 is 11.8 Å². The normalized spacial score (nSPS) is 23.7. The Morgan fingerprint density at radius 1 is 1.21 bits per heavy atom. The van der Waals surface area contributed by atoms with Gasteiger partial charge in [0.15, 0.2) is 0 Å². The fraction of sp³-hybridized carbons (Fsp3) is 0.846. The summed E-state index contributed by atoms with van der Waals surface area (Å²) in [5.41, 5.74) is 0. The van der Waals surface area contributed by atoms with E-state index in [0.717, 1.165) is 19.4 Å². The van der Waals surface area contributed by atoms with Crippen molar-refractivity contribution in [3.63, 3.8) is 0 Å². The van der Waals surface area contributed by atoms with E-state index in [4.69, 9.17) is 9.47 Å². The van der Waals surface area contributed by atoms with E-state index in [1.54, 1.807) is 16.9 Å².